The Morgan fingerprint density at radius 3 is 2.25 bits per heavy atom. The molecule has 0 aromatic heterocycles. The Labute approximate surface area is 100 Å². The van der Waals surface area contributed by atoms with Crippen molar-refractivity contribution >= 4 is 40.8 Å². The summed E-state index contributed by atoms with van der Waals surface area (Å²) >= 11 is 11.3. The highest BCUT2D eigenvalue weighted by molar-refractivity contribution is 6.43. The van der Waals surface area contributed by atoms with Crippen molar-refractivity contribution in [2.75, 3.05) is 12.4 Å². The highest BCUT2D eigenvalue weighted by Crippen LogP contribution is 2.31. The molecule has 0 saturated heterocycles. The monoisotopic (exact) mass is 265 g/mol. The fourth-order valence-corrected chi connectivity index (χ4v) is 1.47. The Kier molecular flexibility index (Phi) is 4.09. The van der Waals surface area contributed by atoms with Gasteiger partial charge in [0.25, 0.3) is 0 Å². The van der Waals surface area contributed by atoms with Gasteiger partial charge in [-0.3, -0.25) is 4.79 Å². The molecule has 1 aromatic carbocycles. The summed E-state index contributed by atoms with van der Waals surface area (Å²) in [5.74, 6) is -2.79. The van der Waals surface area contributed by atoms with E-state index in [9.17, 15) is 14.0 Å². The maximum absolute atomic E-state index is 12.8. The minimum Gasteiger partial charge on any atom is -0.462 e. The van der Waals surface area contributed by atoms with Crippen LogP contribution in [0.5, 0.6) is 0 Å². The SMILES string of the molecule is COC(=O)C(=O)Nc1c(Cl)cc(F)cc1Cl. The zero-order chi connectivity index (χ0) is 12.3. The lowest BCUT2D eigenvalue weighted by Gasteiger charge is -2.07. The van der Waals surface area contributed by atoms with Crippen LogP contribution in [0.1, 0.15) is 0 Å². The smallest absolute Gasteiger partial charge is 0.396 e. The maximum atomic E-state index is 12.8. The van der Waals surface area contributed by atoms with Crippen molar-refractivity contribution in [3.63, 3.8) is 0 Å². The first-order chi connectivity index (χ1) is 7.45. The fraction of sp³-hybridized carbons (Fsp3) is 0.111. The number of halogens is 3. The molecule has 4 nitrogen and oxygen atoms in total. The number of carbonyl (C=O) groups is 2. The van der Waals surface area contributed by atoms with Crippen molar-refractivity contribution in [3.8, 4) is 0 Å². The second-order valence-corrected chi connectivity index (χ2v) is 3.50. The molecule has 0 aliphatic heterocycles. The molecular formula is C9H6Cl2FNO3. The van der Waals surface area contributed by atoms with Crippen LogP contribution >= 0.6 is 23.2 Å². The van der Waals surface area contributed by atoms with E-state index in [1.165, 1.54) is 0 Å². The van der Waals surface area contributed by atoms with E-state index in [1.54, 1.807) is 0 Å². The molecule has 0 atom stereocenters. The van der Waals surface area contributed by atoms with Crippen LogP contribution in [0.25, 0.3) is 0 Å². The van der Waals surface area contributed by atoms with E-state index in [2.05, 4.69) is 10.1 Å². The number of amides is 1. The van der Waals surface area contributed by atoms with Crippen LogP contribution in [0.4, 0.5) is 10.1 Å². The van der Waals surface area contributed by atoms with Crippen molar-refractivity contribution in [3.05, 3.63) is 28.0 Å². The number of anilines is 1. The summed E-state index contributed by atoms with van der Waals surface area (Å²) in [6.07, 6.45) is 0. The van der Waals surface area contributed by atoms with Crippen molar-refractivity contribution < 1.29 is 18.7 Å². The van der Waals surface area contributed by atoms with Gasteiger partial charge >= 0.3 is 11.9 Å². The molecule has 0 heterocycles. The van der Waals surface area contributed by atoms with Crippen LogP contribution in [0.2, 0.25) is 10.0 Å². The molecule has 0 aliphatic rings. The first kappa shape index (κ1) is 12.7. The van der Waals surface area contributed by atoms with E-state index < -0.39 is 17.7 Å². The highest BCUT2D eigenvalue weighted by Gasteiger charge is 2.17. The third-order valence-electron chi connectivity index (χ3n) is 1.62. The average Bonchev–Trinajstić information content (AvgIpc) is 2.21. The Bertz CT molecular complexity index is 427. The Hall–Kier alpha value is -1.33. The van der Waals surface area contributed by atoms with Gasteiger partial charge in [0.1, 0.15) is 5.82 Å². The van der Waals surface area contributed by atoms with E-state index >= 15 is 0 Å². The number of rotatable bonds is 1. The van der Waals surface area contributed by atoms with Crippen molar-refractivity contribution in [1.29, 1.82) is 0 Å². The van der Waals surface area contributed by atoms with E-state index in [0.29, 0.717) is 0 Å². The predicted molar refractivity (Wildman–Crippen MR) is 57.1 cm³/mol. The van der Waals surface area contributed by atoms with E-state index in [0.717, 1.165) is 19.2 Å². The fourth-order valence-electron chi connectivity index (χ4n) is 0.919. The molecule has 0 aliphatic carbocycles. The molecule has 1 rings (SSSR count). The molecule has 1 N–H and O–H groups in total. The molecule has 0 radical (unpaired) electrons. The Morgan fingerprint density at radius 1 is 1.31 bits per heavy atom. The van der Waals surface area contributed by atoms with Gasteiger partial charge in [0.15, 0.2) is 0 Å². The minimum absolute atomic E-state index is 0.0415. The normalized spacial score (nSPS) is 9.75. The van der Waals surface area contributed by atoms with Gasteiger partial charge in [0.05, 0.1) is 22.8 Å². The van der Waals surface area contributed by atoms with Crippen LogP contribution in [0.15, 0.2) is 12.1 Å². The highest BCUT2D eigenvalue weighted by atomic mass is 35.5. The molecular weight excluding hydrogens is 260 g/mol. The molecule has 1 amide bonds. The topological polar surface area (TPSA) is 55.4 Å². The molecule has 86 valence electrons. The maximum Gasteiger partial charge on any atom is 0.396 e. The van der Waals surface area contributed by atoms with Gasteiger partial charge in [-0.05, 0) is 12.1 Å². The lowest BCUT2D eigenvalue weighted by Crippen LogP contribution is -2.24. The molecule has 0 bridgehead atoms. The summed E-state index contributed by atoms with van der Waals surface area (Å²) in [7, 11) is 1.05. The van der Waals surface area contributed by atoms with E-state index in [4.69, 9.17) is 23.2 Å². The lowest BCUT2D eigenvalue weighted by molar-refractivity contribution is -0.150. The van der Waals surface area contributed by atoms with Gasteiger partial charge in [-0.25, -0.2) is 9.18 Å². The van der Waals surface area contributed by atoms with Gasteiger partial charge in [-0.1, -0.05) is 23.2 Å². The second kappa shape index (κ2) is 5.14. The van der Waals surface area contributed by atoms with Crippen LogP contribution < -0.4 is 5.32 Å². The molecule has 0 unspecified atom stereocenters. The quantitative estimate of drug-likeness (QED) is 0.626. The van der Waals surface area contributed by atoms with Gasteiger partial charge in [0.2, 0.25) is 0 Å². The number of benzene rings is 1. The third kappa shape index (κ3) is 2.84. The van der Waals surface area contributed by atoms with E-state index in [1.807, 2.05) is 0 Å². The summed E-state index contributed by atoms with van der Waals surface area (Å²) in [6, 6.07) is 1.92. The number of nitrogens with one attached hydrogen (secondary N) is 1. The molecule has 0 fully saturated rings. The number of methoxy groups -OCH3 is 1. The summed E-state index contributed by atoms with van der Waals surface area (Å²) in [4.78, 5) is 21.9. The first-order valence-corrected chi connectivity index (χ1v) is 4.75. The van der Waals surface area contributed by atoms with E-state index in [-0.39, 0.29) is 15.7 Å². The van der Waals surface area contributed by atoms with Crippen LogP contribution in [-0.4, -0.2) is 19.0 Å². The van der Waals surface area contributed by atoms with Crippen LogP contribution in [-0.2, 0) is 14.3 Å². The van der Waals surface area contributed by atoms with Crippen molar-refractivity contribution in [1.82, 2.24) is 0 Å². The average molecular weight is 266 g/mol. The molecule has 1 aromatic rings. The lowest BCUT2D eigenvalue weighted by atomic mass is 10.3. The van der Waals surface area contributed by atoms with Gasteiger partial charge in [0, 0.05) is 0 Å². The molecule has 0 spiro atoms. The van der Waals surface area contributed by atoms with Gasteiger partial charge < -0.3 is 10.1 Å². The third-order valence-corrected chi connectivity index (χ3v) is 2.21. The molecule has 7 heteroatoms. The van der Waals surface area contributed by atoms with Crippen LogP contribution in [0.3, 0.4) is 0 Å². The summed E-state index contributed by atoms with van der Waals surface area (Å²) in [6.45, 7) is 0. The second-order valence-electron chi connectivity index (χ2n) is 2.69. The summed E-state index contributed by atoms with van der Waals surface area (Å²) in [5, 5.41) is 1.89. The predicted octanol–water partition coefficient (Wildman–Crippen LogP) is 2.24. The summed E-state index contributed by atoms with van der Waals surface area (Å²) in [5.41, 5.74) is -0.0415. The molecule has 16 heavy (non-hydrogen) atoms. The number of hydrogen-bond acceptors (Lipinski definition) is 3. The number of carbonyl (C=O) groups excluding carboxylic acids is 2. The first-order valence-electron chi connectivity index (χ1n) is 3.99. The zero-order valence-electron chi connectivity index (χ0n) is 8.01. The number of hydrogen-bond donors (Lipinski definition) is 1. The van der Waals surface area contributed by atoms with Crippen LogP contribution in [0, 0.1) is 5.82 Å². The Morgan fingerprint density at radius 2 is 1.81 bits per heavy atom. The van der Waals surface area contributed by atoms with Gasteiger partial charge in [-0.2, -0.15) is 0 Å². The molecule has 0 saturated carbocycles. The minimum atomic E-state index is -1.10. The number of ether oxygens (including phenoxy) is 1. The Balaban J connectivity index is 2.98. The summed E-state index contributed by atoms with van der Waals surface area (Å²) < 4.78 is 17.0. The van der Waals surface area contributed by atoms with Crippen molar-refractivity contribution in [2.45, 2.75) is 0 Å². The standard InChI is InChI=1S/C9H6Cl2FNO3/c1-16-9(15)8(14)13-7-5(10)2-4(12)3-6(7)11/h2-3H,1H3,(H,13,14). The van der Waals surface area contributed by atoms with Gasteiger partial charge in [-0.15, -0.1) is 0 Å². The number of esters is 1. The zero-order valence-corrected chi connectivity index (χ0v) is 9.53. The largest absolute Gasteiger partial charge is 0.462 e. The van der Waals surface area contributed by atoms with Crippen molar-refractivity contribution in [2.24, 2.45) is 0 Å².